The Labute approximate surface area is 149 Å². The summed E-state index contributed by atoms with van der Waals surface area (Å²) in [4.78, 5) is 36.3. The minimum Gasteiger partial charge on any atom is -0.335 e. The Balaban J connectivity index is 1.87. The lowest BCUT2D eigenvalue weighted by molar-refractivity contribution is -0.142. The molecule has 2 saturated heterocycles. The number of nitrogens with zero attached hydrogens (tertiary/aromatic N) is 4. The van der Waals surface area contributed by atoms with E-state index in [0.29, 0.717) is 30.6 Å². The standard InChI is InChI=1S/C19H28N4O2/c1-13(2)9-17-19(25)22-11-14(21(3)4)10-15(22)12-23(17)18(24)16-7-5-6-8-20-16/h5-8,13-15,17H,9-12H2,1-4H3. The van der Waals surface area contributed by atoms with Crippen LogP contribution in [0.15, 0.2) is 24.4 Å². The first-order chi connectivity index (χ1) is 11.9. The summed E-state index contributed by atoms with van der Waals surface area (Å²) in [6, 6.07) is 5.42. The molecule has 2 aliphatic rings. The van der Waals surface area contributed by atoms with Gasteiger partial charge in [-0.15, -0.1) is 0 Å². The van der Waals surface area contributed by atoms with Crippen molar-refractivity contribution in [2.75, 3.05) is 27.2 Å². The Morgan fingerprint density at radius 3 is 2.68 bits per heavy atom. The normalized spacial score (nSPS) is 26.5. The summed E-state index contributed by atoms with van der Waals surface area (Å²) in [6.07, 6.45) is 3.23. The van der Waals surface area contributed by atoms with Crippen molar-refractivity contribution in [2.24, 2.45) is 5.92 Å². The van der Waals surface area contributed by atoms with E-state index >= 15 is 0 Å². The fraction of sp³-hybridized carbons (Fsp3) is 0.632. The van der Waals surface area contributed by atoms with Gasteiger partial charge in [-0.3, -0.25) is 14.6 Å². The van der Waals surface area contributed by atoms with E-state index in [2.05, 4.69) is 37.8 Å². The number of likely N-dealkylation sites (N-methyl/N-ethyl adjacent to an activating group) is 1. The molecule has 3 heterocycles. The van der Waals surface area contributed by atoms with Crippen LogP contribution in [0, 0.1) is 5.92 Å². The van der Waals surface area contributed by atoms with E-state index in [4.69, 9.17) is 0 Å². The lowest BCUT2D eigenvalue weighted by atomic mass is 9.96. The van der Waals surface area contributed by atoms with E-state index in [1.54, 1.807) is 23.2 Å². The molecule has 1 aromatic rings. The van der Waals surface area contributed by atoms with Crippen molar-refractivity contribution in [1.29, 1.82) is 0 Å². The zero-order chi connectivity index (χ0) is 18.1. The predicted molar refractivity (Wildman–Crippen MR) is 96.1 cm³/mol. The fourth-order valence-electron chi connectivity index (χ4n) is 3.92. The van der Waals surface area contributed by atoms with Crippen LogP contribution in [-0.2, 0) is 4.79 Å². The van der Waals surface area contributed by atoms with E-state index in [-0.39, 0.29) is 23.9 Å². The van der Waals surface area contributed by atoms with Crippen LogP contribution in [0.4, 0.5) is 0 Å². The molecule has 1 aromatic heterocycles. The number of hydrogen-bond acceptors (Lipinski definition) is 4. The zero-order valence-corrected chi connectivity index (χ0v) is 15.6. The molecule has 6 nitrogen and oxygen atoms in total. The van der Waals surface area contributed by atoms with Gasteiger partial charge in [0.2, 0.25) is 5.91 Å². The summed E-state index contributed by atoms with van der Waals surface area (Å²) in [6.45, 7) is 5.55. The first-order valence-electron chi connectivity index (χ1n) is 9.07. The number of amides is 2. The molecule has 3 atom stereocenters. The highest BCUT2D eigenvalue weighted by Gasteiger charge is 2.47. The predicted octanol–water partition coefficient (Wildman–Crippen LogP) is 1.48. The van der Waals surface area contributed by atoms with Gasteiger partial charge >= 0.3 is 0 Å². The van der Waals surface area contributed by atoms with E-state index in [9.17, 15) is 9.59 Å². The lowest BCUT2D eigenvalue weighted by Crippen LogP contribution is -2.61. The maximum Gasteiger partial charge on any atom is 0.273 e. The van der Waals surface area contributed by atoms with E-state index in [1.165, 1.54) is 0 Å². The molecule has 0 N–H and O–H groups in total. The second-order valence-electron chi connectivity index (χ2n) is 7.82. The molecule has 6 heteroatoms. The Bertz CT molecular complexity index is 632. The summed E-state index contributed by atoms with van der Waals surface area (Å²) >= 11 is 0. The first-order valence-corrected chi connectivity index (χ1v) is 9.07. The third kappa shape index (κ3) is 3.54. The van der Waals surface area contributed by atoms with Gasteiger partial charge in [0.25, 0.3) is 5.91 Å². The topological polar surface area (TPSA) is 56.8 Å². The van der Waals surface area contributed by atoms with Gasteiger partial charge in [-0.25, -0.2) is 0 Å². The van der Waals surface area contributed by atoms with Gasteiger partial charge < -0.3 is 14.7 Å². The Hall–Kier alpha value is -1.95. The van der Waals surface area contributed by atoms with Crippen molar-refractivity contribution in [3.63, 3.8) is 0 Å². The molecule has 3 unspecified atom stereocenters. The van der Waals surface area contributed by atoms with Crippen LogP contribution in [0.2, 0.25) is 0 Å². The van der Waals surface area contributed by atoms with Gasteiger partial charge in [0.05, 0.1) is 6.04 Å². The second kappa shape index (κ2) is 7.12. The quantitative estimate of drug-likeness (QED) is 0.830. The number of fused-ring (bicyclic) bond motifs is 1. The van der Waals surface area contributed by atoms with Crippen LogP contribution >= 0.6 is 0 Å². The summed E-state index contributed by atoms with van der Waals surface area (Å²) in [5.74, 6) is 0.308. The molecule has 2 amide bonds. The molecule has 0 aromatic carbocycles. The zero-order valence-electron chi connectivity index (χ0n) is 15.6. The van der Waals surface area contributed by atoms with Crippen LogP contribution in [-0.4, -0.2) is 76.8 Å². The molecular formula is C19H28N4O2. The Kier molecular flexibility index (Phi) is 5.08. The molecule has 0 spiro atoms. The van der Waals surface area contributed by atoms with Gasteiger partial charge in [-0.2, -0.15) is 0 Å². The monoisotopic (exact) mass is 344 g/mol. The van der Waals surface area contributed by atoms with Crippen LogP contribution in [0.25, 0.3) is 0 Å². The van der Waals surface area contributed by atoms with Gasteiger partial charge in [0.1, 0.15) is 11.7 Å². The van der Waals surface area contributed by atoms with Crippen molar-refractivity contribution in [3.05, 3.63) is 30.1 Å². The maximum atomic E-state index is 13.1. The lowest BCUT2D eigenvalue weighted by Gasteiger charge is -2.43. The highest BCUT2D eigenvalue weighted by atomic mass is 16.2. The molecule has 2 aliphatic heterocycles. The smallest absolute Gasteiger partial charge is 0.273 e. The van der Waals surface area contributed by atoms with Gasteiger partial charge in [0, 0.05) is 25.3 Å². The highest BCUT2D eigenvalue weighted by molar-refractivity contribution is 5.97. The number of carbonyl (C=O) groups excluding carboxylic acids is 2. The molecule has 3 rings (SSSR count). The van der Waals surface area contributed by atoms with Crippen molar-refractivity contribution in [2.45, 2.75) is 44.8 Å². The summed E-state index contributed by atoms with van der Waals surface area (Å²) < 4.78 is 0. The van der Waals surface area contributed by atoms with Crippen LogP contribution in [0.5, 0.6) is 0 Å². The molecule has 2 fully saturated rings. The van der Waals surface area contributed by atoms with E-state index in [1.807, 2.05) is 11.0 Å². The number of piperazine rings is 1. The maximum absolute atomic E-state index is 13.1. The van der Waals surface area contributed by atoms with Crippen molar-refractivity contribution in [1.82, 2.24) is 19.7 Å². The largest absolute Gasteiger partial charge is 0.335 e. The number of aromatic nitrogens is 1. The Morgan fingerprint density at radius 2 is 2.08 bits per heavy atom. The van der Waals surface area contributed by atoms with Crippen molar-refractivity contribution < 1.29 is 9.59 Å². The van der Waals surface area contributed by atoms with Crippen LogP contribution in [0.3, 0.4) is 0 Å². The molecule has 0 radical (unpaired) electrons. The van der Waals surface area contributed by atoms with Gasteiger partial charge in [-0.1, -0.05) is 19.9 Å². The summed E-state index contributed by atoms with van der Waals surface area (Å²) in [5.41, 5.74) is 0.416. The number of pyridine rings is 1. The molecule has 136 valence electrons. The number of rotatable bonds is 4. The van der Waals surface area contributed by atoms with Gasteiger partial charge in [0.15, 0.2) is 0 Å². The van der Waals surface area contributed by atoms with Gasteiger partial charge in [-0.05, 0) is 45.0 Å². The average molecular weight is 344 g/mol. The molecular weight excluding hydrogens is 316 g/mol. The minimum absolute atomic E-state index is 0.0959. The minimum atomic E-state index is -0.383. The first kappa shape index (κ1) is 17.9. The van der Waals surface area contributed by atoms with E-state index in [0.717, 1.165) is 13.0 Å². The SMILES string of the molecule is CC(C)CC1C(=O)N2CC(N(C)C)CC2CN1C(=O)c1ccccn1. The van der Waals surface area contributed by atoms with Crippen LogP contribution < -0.4 is 0 Å². The molecule has 0 saturated carbocycles. The number of carbonyl (C=O) groups is 2. The molecule has 0 aliphatic carbocycles. The molecule has 25 heavy (non-hydrogen) atoms. The molecule has 0 bridgehead atoms. The average Bonchev–Trinajstić information content (AvgIpc) is 3.02. The summed E-state index contributed by atoms with van der Waals surface area (Å²) in [7, 11) is 4.10. The third-order valence-electron chi connectivity index (χ3n) is 5.31. The summed E-state index contributed by atoms with van der Waals surface area (Å²) in [5, 5.41) is 0. The number of hydrogen-bond donors (Lipinski definition) is 0. The Morgan fingerprint density at radius 1 is 1.32 bits per heavy atom. The third-order valence-corrected chi connectivity index (χ3v) is 5.31. The highest BCUT2D eigenvalue weighted by Crippen LogP contribution is 2.30. The fourth-order valence-corrected chi connectivity index (χ4v) is 3.92. The van der Waals surface area contributed by atoms with Crippen molar-refractivity contribution in [3.8, 4) is 0 Å². The second-order valence-corrected chi connectivity index (χ2v) is 7.82. The van der Waals surface area contributed by atoms with Crippen molar-refractivity contribution >= 4 is 11.8 Å². The van der Waals surface area contributed by atoms with Crippen LogP contribution in [0.1, 0.15) is 37.2 Å². The van der Waals surface area contributed by atoms with E-state index < -0.39 is 0 Å².